The van der Waals surface area contributed by atoms with Crippen LogP contribution in [0.2, 0.25) is 0 Å². The summed E-state index contributed by atoms with van der Waals surface area (Å²) in [7, 11) is -1.91. The van der Waals surface area contributed by atoms with Crippen molar-refractivity contribution in [2.24, 2.45) is 7.05 Å². The first-order valence-corrected chi connectivity index (χ1v) is 7.53. The van der Waals surface area contributed by atoms with Crippen LogP contribution in [0, 0.1) is 0 Å². The average molecular weight is 298 g/mol. The van der Waals surface area contributed by atoms with Crippen LogP contribution in [0.25, 0.3) is 0 Å². The Labute approximate surface area is 115 Å². The van der Waals surface area contributed by atoms with E-state index in [0.717, 1.165) is 0 Å². The van der Waals surface area contributed by atoms with Crippen molar-refractivity contribution in [2.75, 3.05) is 13.1 Å². The molecule has 2 aliphatic rings. The minimum absolute atomic E-state index is 0.0399. The van der Waals surface area contributed by atoms with Gasteiger partial charge < -0.3 is 9.88 Å². The highest BCUT2D eigenvalue weighted by Gasteiger charge is 2.53. The fourth-order valence-electron chi connectivity index (χ4n) is 2.57. The summed E-state index contributed by atoms with van der Waals surface area (Å²) in [5.74, 6) is -0.465. The summed E-state index contributed by atoms with van der Waals surface area (Å²) < 4.78 is 27.8. The van der Waals surface area contributed by atoms with E-state index in [1.165, 1.54) is 16.6 Å². The zero-order chi connectivity index (χ0) is 14.5. The maximum Gasteiger partial charge on any atom is 0.322 e. The summed E-state index contributed by atoms with van der Waals surface area (Å²) in [5, 5.41) is 4.68. The van der Waals surface area contributed by atoms with Crippen LogP contribution in [-0.4, -0.2) is 47.9 Å². The molecule has 3 heterocycles. The molecule has 0 aromatic carbocycles. The highest BCUT2D eigenvalue weighted by atomic mass is 32.2. The fraction of sp³-hybridized carbons (Fsp3) is 0.455. The maximum atomic E-state index is 12.4. The highest BCUT2D eigenvalue weighted by molar-refractivity contribution is 7.89. The molecule has 108 valence electrons. The molecule has 0 bridgehead atoms. The van der Waals surface area contributed by atoms with Gasteiger partial charge in [-0.05, 0) is 12.5 Å². The van der Waals surface area contributed by atoms with E-state index in [2.05, 4.69) is 10.6 Å². The summed E-state index contributed by atoms with van der Waals surface area (Å²) in [4.78, 5) is 23.2. The number of aryl methyl sites for hydroxylation is 1. The third kappa shape index (κ3) is 1.81. The molecular weight excluding hydrogens is 284 g/mol. The number of nitrogens with zero attached hydrogens (tertiary/aromatic N) is 2. The zero-order valence-corrected chi connectivity index (χ0v) is 11.6. The number of nitrogens with one attached hydrogen (secondary N) is 2. The van der Waals surface area contributed by atoms with Crippen molar-refractivity contribution in [3.63, 3.8) is 0 Å². The Morgan fingerprint density at radius 1 is 1.35 bits per heavy atom. The van der Waals surface area contributed by atoms with Crippen LogP contribution in [0.1, 0.15) is 6.42 Å². The van der Waals surface area contributed by atoms with Crippen LogP contribution >= 0.6 is 0 Å². The second-order valence-corrected chi connectivity index (χ2v) is 7.03. The quantitative estimate of drug-likeness (QED) is 0.684. The third-order valence-corrected chi connectivity index (χ3v) is 5.52. The van der Waals surface area contributed by atoms with Crippen molar-refractivity contribution in [1.29, 1.82) is 0 Å². The van der Waals surface area contributed by atoms with Crippen LogP contribution in [0.3, 0.4) is 0 Å². The van der Waals surface area contributed by atoms with E-state index in [1.54, 1.807) is 17.8 Å². The van der Waals surface area contributed by atoms with Crippen molar-refractivity contribution < 1.29 is 18.0 Å². The van der Waals surface area contributed by atoms with Gasteiger partial charge in [0.15, 0.2) is 0 Å². The molecule has 1 aromatic rings. The molecule has 1 unspecified atom stereocenters. The zero-order valence-electron chi connectivity index (χ0n) is 10.8. The second-order valence-electron chi connectivity index (χ2n) is 5.09. The fourth-order valence-corrected chi connectivity index (χ4v) is 4.13. The largest absolute Gasteiger partial charge is 0.356 e. The van der Waals surface area contributed by atoms with E-state index in [4.69, 9.17) is 0 Å². The number of sulfonamides is 1. The van der Waals surface area contributed by atoms with Gasteiger partial charge in [-0.3, -0.25) is 10.1 Å². The highest BCUT2D eigenvalue weighted by Crippen LogP contribution is 2.29. The van der Waals surface area contributed by atoms with Crippen LogP contribution in [0.4, 0.5) is 4.79 Å². The lowest BCUT2D eigenvalue weighted by Crippen LogP contribution is -2.49. The number of carbonyl (C=O) groups is 2. The van der Waals surface area contributed by atoms with Crippen molar-refractivity contribution in [3.8, 4) is 0 Å². The smallest absolute Gasteiger partial charge is 0.322 e. The van der Waals surface area contributed by atoms with Crippen molar-refractivity contribution in [1.82, 2.24) is 19.5 Å². The molecule has 0 radical (unpaired) electrons. The molecule has 3 amide bonds. The van der Waals surface area contributed by atoms with E-state index in [0.29, 0.717) is 0 Å². The lowest BCUT2D eigenvalue weighted by Gasteiger charge is -2.20. The number of hydrogen-bond acceptors (Lipinski definition) is 4. The summed E-state index contributed by atoms with van der Waals surface area (Å²) in [6, 6.07) is 0.933. The predicted octanol–water partition coefficient (Wildman–Crippen LogP) is -1.00. The summed E-state index contributed by atoms with van der Waals surface area (Å²) in [6.45, 7) is 0.159. The molecule has 1 atom stereocenters. The molecule has 2 N–H and O–H groups in total. The van der Waals surface area contributed by atoms with Gasteiger partial charge in [-0.2, -0.15) is 4.31 Å². The van der Waals surface area contributed by atoms with Gasteiger partial charge in [0.25, 0.3) is 5.91 Å². The monoisotopic (exact) mass is 298 g/mol. The van der Waals surface area contributed by atoms with Gasteiger partial charge in [0, 0.05) is 32.5 Å². The van der Waals surface area contributed by atoms with Gasteiger partial charge in [0.05, 0.1) is 4.90 Å². The van der Waals surface area contributed by atoms with E-state index < -0.39 is 27.5 Å². The van der Waals surface area contributed by atoms with E-state index in [1.807, 2.05) is 0 Å². The molecule has 20 heavy (non-hydrogen) atoms. The number of urea groups is 1. The van der Waals surface area contributed by atoms with Crippen LogP contribution < -0.4 is 10.6 Å². The topological polar surface area (TPSA) is 101 Å². The first-order chi connectivity index (χ1) is 9.33. The summed E-state index contributed by atoms with van der Waals surface area (Å²) in [6.07, 6.45) is 3.42. The lowest BCUT2D eigenvalue weighted by molar-refractivity contribution is -0.123. The van der Waals surface area contributed by atoms with Gasteiger partial charge in [-0.1, -0.05) is 0 Å². The molecule has 2 aliphatic heterocycles. The minimum Gasteiger partial charge on any atom is -0.356 e. The Morgan fingerprint density at radius 2 is 2.10 bits per heavy atom. The predicted molar refractivity (Wildman–Crippen MR) is 68.2 cm³/mol. The Balaban J connectivity index is 1.87. The number of amides is 3. The Hall–Kier alpha value is -1.87. The van der Waals surface area contributed by atoms with Crippen molar-refractivity contribution >= 4 is 22.0 Å². The van der Waals surface area contributed by atoms with Crippen LogP contribution in [-0.2, 0) is 21.9 Å². The lowest BCUT2D eigenvalue weighted by atomic mass is 10.00. The third-order valence-electron chi connectivity index (χ3n) is 3.69. The number of carbonyl (C=O) groups excluding carboxylic acids is 2. The molecule has 3 rings (SSSR count). The minimum atomic E-state index is -3.64. The van der Waals surface area contributed by atoms with E-state index in [9.17, 15) is 18.0 Å². The van der Waals surface area contributed by atoms with Gasteiger partial charge in [0.2, 0.25) is 10.0 Å². The standard InChI is InChI=1S/C11H14N4O4S/c1-14-4-2-8(6-14)20(18,19)15-5-3-11(7-15)9(16)12-10(17)13-11/h2,4,6H,3,5,7H2,1H3,(H2,12,13,16,17). The van der Waals surface area contributed by atoms with Gasteiger partial charge >= 0.3 is 6.03 Å². The van der Waals surface area contributed by atoms with Gasteiger partial charge in [-0.15, -0.1) is 0 Å². The summed E-state index contributed by atoms with van der Waals surface area (Å²) >= 11 is 0. The van der Waals surface area contributed by atoms with Gasteiger partial charge in [-0.25, -0.2) is 13.2 Å². The average Bonchev–Trinajstić information content (AvgIpc) is 3.02. The van der Waals surface area contributed by atoms with Crippen molar-refractivity contribution in [3.05, 3.63) is 18.5 Å². The van der Waals surface area contributed by atoms with Crippen molar-refractivity contribution in [2.45, 2.75) is 16.9 Å². The Kier molecular flexibility index (Phi) is 2.67. The SMILES string of the molecule is Cn1ccc(S(=O)(=O)N2CCC3(C2)NC(=O)NC3=O)c1. The molecule has 2 saturated heterocycles. The number of imide groups is 1. The molecule has 2 fully saturated rings. The Morgan fingerprint density at radius 3 is 2.65 bits per heavy atom. The first kappa shape index (κ1) is 13.1. The van der Waals surface area contributed by atoms with Crippen LogP contribution in [0.15, 0.2) is 23.4 Å². The molecule has 0 aliphatic carbocycles. The van der Waals surface area contributed by atoms with E-state index in [-0.39, 0.29) is 24.4 Å². The number of rotatable bonds is 2. The first-order valence-electron chi connectivity index (χ1n) is 6.09. The number of hydrogen-bond donors (Lipinski definition) is 2. The number of aromatic nitrogens is 1. The molecular formula is C11H14N4O4S. The molecule has 1 spiro atoms. The Bertz CT molecular complexity index is 695. The molecule has 0 saturated carbocycles. The second kappa shape index (κ2) is 4.06. The van der Waals surface area contributed by atoms with Crippen LogP contribution in [0.5, 0.6) is 0 Å². The van der Waals surface area contributed by atoms with Gasteiger partial charge in [0.1, 0.15) is 5.54 Å². The maximum absolute atomic E-state index is 12.4. The molecule has 9 heteroatoms. The normalized spacial score (nSPS) is 27.1. The van der Waals surface area contributed by atoms with E-state index >= 15 is 0 Å². The molecule has 1 aromatic heterocycles. The summed E-state index contributed by atoms with van der Waals surface area (Å²) in [5.41, 5.74) is -1.13. The molecule has 8 nitrogen and oxygen atoms in total.